The van der Waals surface area contributed by atoms with Gasteiger partial charge in [-0.05, 0) is 42.3 Å². The number of amides is 1. The molecule has 0 aliphatic rings. The van der Waals surface area contributed by atoms with E-state index in [0.29, 0.717) is 17.0 Å². The molecule has 0 radical (unpaired) electrons. The summed E-state index contributed by atoms with van der Waals surface area (Å²) in [4.78, 5) is 12.6. The molecule has 1 amide bonds. The Labute approximate surface area is 153 Å². The van der Waals surface area contributed by atoms with E-state index in [0.717, 1.165) is 5.56 Å². The molecule has 0 heterocycles. The van der Waals surface area contributed by atoms with Crippen molar-refractivity contribution in [3.05, 3.63) is 64.7 Å². The molecule has 2 aromatic rings. The molecular formula is C18H21ClN2O3S. The highest BCUT2D eigenvalue weighted by molar-refractivity contribution is 7.89. The number of halogens is 1. The van der Waals surface area contributed by atoms with E-state index >= 15 is 0 Å². The molecule has 0 saturated carbocycles. The molecule has 0 fully saturated rings. The Balaban J connectivity index is 2.21. The van der Waals surface area contributed by atoms with Gasteiger partial charge >= 0.3 is 0 Å². The van der Waals surface area contributed by atoms with Gasteiger partial charge in [-0.1, -0.05) is 43.6 Å². The highest BCUT2D eigenvalue weighted by atomic mass is 35.5. The molecule has 0 saturated heterocycles. The lowest BCUT2D eigenvalue weighted by atomic mass is 10.0. The van der Waals surface area contributed by atoms with Crippen LogP contribution in [0.4, 0.5) is 0 Å². The van der Waals surface area contributed by atoms with Gasteiger partial charge in [-0.15, -0.1) is 0 Å². The number of carbonyl (C=O) groups is 1. The van der Waals surface area contributed by atoms with Gasteiger partial charge in [0.2, 0.25) is 10.0 Å². The third-order valence-corrected chi connectivity index (χ3v) is 5.52. The molecule has 134 valence electrons. The molecule has 0 spiro atoms. The average molecular weight is 381 g/mol. The fourth-order valence-electron chi connectivity index (χ4n) is 2.44. The second kappa shape index (κ2) is 8.47. The van der Waals surface area contributed by atoms with Crippen LogP contribution in [0.25, 0.3) is 0 Å². The predicted molar refractivity (Wildman–Crippen MR) is 99.3 cm³/mol. The number of hydrogen-bond donors (Lipinski definition) is 2. The zero-order chi connectivity index (χ0) is 18.4. The fourth-order valence-corrected chi connectivity index (χ4v) is 3.65. The van der Waals surface area contributed by atoms with E-state index in [1.165, 1.54) is 12.1 Å². The van der Waals surface area contributed by atoms with Crippen LogP contribution in [-0.4, -0.2) is 20.9 Å². The molecular weight excluding hydrogens is 360 g/mol. The first-order valence-corrected chi connectivity index (χ1v) is 9.89. The van der Waals surface area contributed by atoms with Crippen LogP contribution < -0.4 is 10.0 Å². The number of rotatable bonds is 7. The summed E-state index contributed by atoms with van der Waals surface area (Å²) in [7, 11) is -3.60. The summed E-state index contributed by atoms with van der Waals surface area (Å²) in [5, 5.41) is 3.56. The summed E-state index contributed by atoms with van der Waals surface area (Å²) in [5.41, 5.74) is 1.24. The second-order valence-corrected chi connectivity index (χ2v) is 7.72. The molecule has 25 heavy (non-hydrogen) atoms. The van der Waals surface area contributed by atoms with Crippen molar-refractivity contribution in [2.75, 3.05) is 6.54 Å². The van der Waals surface area contributed by atoms with E-state index in [2.05, 4.69) is 10.0 Å². The summed E-state index contributed by atoms with van der Waals surface area (Å²) in [6, 6.07) is 13.1. The molecule has 2 N–H and O–H groups in total. The maximum absolute atomic E-state index is 12.5. The molecule has 1 atom stereocenters. The van der Waals surface area contributed by atoms with Crippen LogP contribution in [-0.2, 0) is 10.0 Å². The number of sulfonamides is 1. The van der Waals surface area contributed by atoms with E-state index in [4.69, 9.17) is 11.6 Å². The summed E-state index contributed by atoms with van der Waals surface area (Å²) < 4.78 is 26.6. The number of benzene rings is 2. The Bertz CT molecular complexity index is 836. The van der Waals surface area contributed by atoms with Crippen LogP contribution in [0.3, 0.4) is 0 Å². The molecule has 0 aliphatic carbocycles. The Morgan fingerprint density at radius 3 is 2.40 bits per heavy atom. The first-order valence-electron chi connectivity index (χ1n) is 8.03. The van der Waals surface area contributed by atoms with Gasteiger partial charge in [0.15, 0.2) is 0 Å². The molecule has 2 rings (SSSR count). The van der Waals surface area contributed by atoms with Gasteiger partial charge in [-0.3, -0.25) is 4.79 Å². The van der Waals surface area contributed by atoms with Crippen molar-refractivity contribution in [3.63, 3.8) is 0 Å². The van der Waals surface area contributed by atoms with Gasteiger partial charge < -0.3 is 5.32 Å². The Morgan fingerprint density at radius 2 is 1.80 bits per heavy atom. The van der Waals surface area contributed by atoms with Gasteiger partial charge in [-0.25, -0.2) is 13.1 Å². The Hall–Kier alpha value is -1.89. The van der Waals surface area contributed by atoms with Crippen molar-refractivity contribution in [1.29, 1.82) is 0 Å². The number of carbonyl (C=O) groups excluding carboxylic acids is 1. The van der Waals surface area contributed by atoms with E-state index in [1.807, 2.05) is 19.1 Å². The van der Waals surface area contributed by atoms with Gasteiger partial charge in [-0.2, -0.15) is 0 Å². The summed E-state index contributed by atoms with van der Waals surface area (Å²) in [6.45, 7) is 3.95. The summed E-state index contributed by atoms with van der Waals surface area (Å²) in [6.07, 6.45) is 0.697. The van der Waals surface area contributed by atoms with E-state index < -0.39 is 10.0 Å². The lowest BCUT2D eigenvalue weighted by Crippen LogP contribution is -2.28. The average Bonchev–Trinajstić information content (AvgIpc) is 2.60. The zero-order valence-corrected chi connectivity index (χ0v) is 15.7. The smallest absolute Gasteiger partial charge is 0.251 e. The van der Waals surface area contributed by atoms with Crippen molar-refractivity contribution in [2.24, 2.45) is 0 Å². The lowest BCUT2D eigenvalue weighted by Gasteiger charge is -2.18. The fraction of sp³-hybridized carbons (Fsp3) is 0.278. The van der Waals surface area contributed by atoms with Crippen LogP contribution >= 0.6 is 11.6 Å². The molecule has 1 unspecified atom stereocenters. The van der Waals surface area contributed by atoms with Crippen molar-refractivity contribution in [3.8, 4) is 0 Å². The van der Waals surface area contributed by atoms with Crippen molar-refractivity contribution >= 4 is 27.5 Å². The minimum atomic E-state index is -3.60. The molecule has 5 nitrogen and oxygen atoms in total. The van der Waals surface area contributed by atoms with Crippen molar-refractivity contribution in [2.45, 2.75) is 31.2 Å². The second-order valence-electron chi connectivity index (χ2n) is 5.52. The largest absolute Gasteiger partial charge is 0.345 e. The molecule has 2 aromatic carbocycles. The van der Waals surface area contributed by atoms with E-state index in [1.54, 1.807) is 31.2 Å². The highest BCUT2D eigenvalue weighted by Crippen LogP contribution is 2.20. The maximum atomic E-state index is 12.5. The third-order valence-electron chi connectivity index (χ3n) is 3.73. The Kier molecular flexibility index (Phi) is 6.58. The van der Waals surface area contributed by atoms with Crippen LogP contribution in [0.2, 0.25) is 5.02 Å². The van der Waals surface area contributed by atoms with Crippen molar-refractivity contribution in [1.82, 2.24) is 10.0 Å². The van der Waals surface area contributed by atoms with Gasteiger partial charge in [0.25, 0.3) is 5.91 Å². The van der Waals surface area contributed by atoms with Gasteiger partial charge in [0.1, 0.15) is 0 Å². The van der Waals surface area contributed by atoms with Crippen molar-refractivity contribution < 1.29 is 13.2 Å². The molecule has 7 heteroatoms. The first kappa shape index (κ1) is 19.4. The van der Waals surface area contributed by atoms with E-state index in [-0.39, 0.29) is 23.4 Å². The van der Waals surface area contributed by atoms with Gasteiger partial charge in [0, 0.05) is 17.1 Å². The van der Waals surface area contributed by atoms with Crippen LogP contribution in [0.1, 0.15) is 42.2 Å². The highest BCUT2D eigenvalue weighted by Gasteiger charge is 2.17. The molecule has 0 aromatic heterocycles. The minimum Gasteiger partial charge on any atom is -0.345 e. The summed E-state index contributed by atoms with van der Waals surface area (Å²) >= 11 is 5.90. The summed E-state index contributed by atoms with van der Waals surface area (Å²) in [5.74, 6) is -0.324. The van der Waals surface area contributed by atoms with Crippen LogP contribution in [0, 0.1) is 0 Å². The SMILES string of the molecule is CCNS(=O)(=O)c1cccc(C(=O)NC(CC)c2ccc(Cl)cc2)c1. The van der Waals surface area contributed by atoms with Crippen LogP contribution in [0.15, 0.2) is 53.4 Å². The molecule has 0 bridgehead atoms. The Morgan fingerprint density at radius 1 is 1.12 bits per heavy atom. The predicted octanol–water partition coefficient (Wildman–Crippen LogP) is 3.52. The first-order chi connectivity index (χ1) is 11.9. The quantitative estimate of drug-likeness (QED) is 0.771. The number of hydrogen-bond acceptors (Lipinski definition) is 3. The number of nitrogens with one attached hydrogen (secondary N) is 2. The van der Waals surface area contributed by atoms with Gasteiger partial charge in [0.05, 0.1) is 10.9 Å². The lowest BCUT2D eigenvalue weighted by molar-refractivity contribution is 0.0935. The van der Waals surface area contributed by atoms with Crippen LogP contribution in [0.5, 0.6) is 0 Å². The zero-order valence-electron chi connectivity index (χ0n) is 14.1. The topological polar surface area (TPSA) is 75.3 Å². The minimum absolute atomic E-state index is 0.0709. The normalized spacial score (nSPS) is 12.6. The van der Waals surface area contributed by atoms with E-state index in [9.17, 15) is 13.2 Å². The maximum Gasteiger partial charge on any atom is 0.251 e. The third kappa shape index (κ3) is 5.04. The standard InChI is InChI=1S/C18H21ClN2O3S/c1-3-17(13-8-10-15(19)11-9-13)21-18(22)14-6-5-7-16(12-14)25(23,24)20-4-2/h5-12,17,20H,3-4H2,1-2H3,(H,21,22). The monoisotopic (exact) mass is 380 g/mol. The molecule has 0 aliphatic heterocycles.